The third kappa shape index (κ3) is 2.25. The van der Waals surface area contributed by atoms with E-state index in [0.29, 0.717) is 51.2 Å². The van der Waals surface area contributed by atoms with Crippen molar-refractivity contribution in [1.82, 2.24) is 4.57 Å². The molecule has 136 valence electrons. The third-order valence-electron chi connectivity index (χ3n) is 5.36. The van der Waals surface area contributed by atoms with E-state index < -0.39 is 5.92 Å². The number of allylic oxidation sites excluding steroid dienone is 3. The predicted molar refractivity (Wildman–Crippen MR) is 101 cm³/mol. The van der Waals surface area contributed by atoms with E-state index in [9.17, 15) is 9.59 Å². The average molecular weight is 401 g/mol. The zero-order valence-corrected chi connectivity index (χ0v) is 15.6. The van der Waals surface area contributed by atoms with Crippen LogP contribution in [0, 0.1) is 0 Å². The Bertz CT molecular complexity index is 1110. The normalized spacial score (nSPS) is 21.2. The van der Waals surface area contributed by atoms with E-state index in [4.69, 9.17) is 33.7 Å². The van der Waals surface area contributed by atoms with Crippen LogP contribution in [0.15, 0.2) is 53.1 Å². The molecule has 0 saturated carbocycles. The van der Waals surface area contributed by atoms with Crippen molar-refractivity contribution < 1.29 is 14.3 Å². The maximum absolute atomic E-state index is 13.2. The Morgan fingerprint density at radius 3 is 2.70 bits per heavy atom. The van der Waals surface area contributed by atoms with Crippen molar-refractivity contribution in [1.29, 1.82) is 0 Å². The number of hydrogen-bond acceptors (Lipinski definition) is 4. The van der Waals surface area contributed by atoms with Crippen LogP contribution in [-0.4, -0.2) is 16.3 Å². The highest BCUT2D eigenvalue weighted by atomic mass is 35.5. The van der Waals surface area contributed by atoms with Crippen molar-refractivity contribution >= 4 is 34.9 Å². The monoisotopic (exact) mass is 400 g/mol. The van der Waals surface area contributed by atoms with Crippen LogP contribution in [0.1, 0.15) is 35.7 Å². The first-order valence-electron chi connectivity index (χ1n) is 8.63. The minimum atomic E-state index is -0.733. The molecule has 1 unspecified atom stereocenters. The van der Waals surface area contributed by atoms with Gasteiger partial charge >= 0.3 is 0 Å². The van der Waals surface area contributed by atoms with E-state index in [-0.39, 0.29) is 23.1 Å². The van der Waals surface area contributed by atoms with Gasteiger partial charge in [0.1, 0.15) is 5.76 Å². The molecule has 2 aromatic rings. The first-order valence-corrected chi connectivity index (χ1v) is 9.38. The Hall–Kier alpha value is -2.50. The molecule has 0 fully saturated rings. The van der Waals surface area contributed by atoms with Crippen LogP contribution in [0.5, 0.6) is 0 Å². The topological polar surface area (TPSA) is 74.3 Å². The van der Waals surface area contributed by atoms with Crippen LogP contribution in [0.2, 0.25) is 10.0 Å². The zero-order chi connectivity index (χ0) is 18.9. The number of ketones is 1. The number of halogens is 2. The van der Waals surface area contributed by atoms with Crippen molar-refractivity contribution in [2.75, 3.05) is 0 Å². The summed E-state index contributed by atoms with van der Waals surface area (Å²) in [5.41, 5.74) is 8.79. The summed E-state index contributed by atoms with van der Waals surface area (Å²) in [7, 11) is 0. The molecule has 0 saturated heterocycles. The van der Waals surface area contributed by atoms with Gasteiger partial charge in [0.15, 0.2) is 11.7 Å². The van der Waals surface area contributed by atoms with Crippen LogP contribution in [0.25, 0.3) is 11.3 Å². The Morgan fingerprint density at radius 1 is 1.11 bits per heavy atom. The second-order valence-electron chi connectivity index (χ2n) is 6.84. The first kappa shape index (κ1) is 16.7. The quantitative estimate of drug-likeness (QED) is 0.769. The highest BCUT2D eigenvalue weighted by molar-refractivity contribution is 6.36. The van der Waals surface area contributed by atoms with Crippen LogP contribution in [0.4, 0.5) is 0 Å². The number of carbonyl (C=O) groups excluding carboxylic acids is 2. The highest BCUT2D eigenvalue weighted by Gasteiger charge is 2.47. The van der Waals surface area contributed by atoms with Gasteiger partial charge < -0.3 is 10.5 Å². The summed E-state index contributed by atoms with van der Waals surface area (Å²) in [5.74, 6) is -0.568. The van der Waals surface area contributed by atoms with Crippen LogP contribution < -0.4 is 5.73 Å². The number of fused-ring (bicyclic) bond motifs is 3. The van der Waals surface area contributed by atoms with E-state index >= 15 is 0 Å². The molecular formula is C20H14Cl2N2O3. The van der Waals surface area contributed by atoms with E-state index in [0.717, 1.165) is 6.42 Å². The molecule has 1 aromatic heterocycles. The molecule has 3 heterocycles. The number of ether oxygens (including phenoxy) is 1. The molecule has 1 atom stereocenters. The van der Waals surface area contributed by atoms with Gasteiger partial charge in [0.2, 0.25) is 0 Å². The summed E-state index contributed by atoms with van der Waals surface area (Å²) in [6.07, 6.45) is 2.17. The van der Waals surface area contributed by atoms with Gasteiger partial charge in [-0.15, -0.1) is 0 Å². The number of hydrogen-bond donors (Lipinski definition) is 1. The molecule has 2 aliphatic heterocycles. The van der Waals surface area contributed by atoms with Gasteiger partial charge in [-0.1, -0.05) is 23.2 Å². The number of aromatic nitrogens is 1. The number of rotatable bonds is 1. The second-order valence-corrected chi connectivity index (χ2v) is 7.68. The third-order valence-corrected chi connectivity index (χ3v) is 5.91. The van der Waals surface area contributed by atoms with Gasteiger partial charge in [0.05, 0.1) is 22.2 Å². The van der Waals surface area contributed by atoms with Gasteiger partial charge in [0.25, 0.3) is 5.91 Å². The first-order chi connectivity index (χ1) is 13.0. The standard InChI is InChI=1S/C20H14Cl2N2O3/c21-9-4-5-10(12(22)8-9)13-6-7-14-16-17(20(26)24(13)14)19(23)27-15-3-1-2-11(15)18(16)25/h4-8,16H,1-3,23H2. The fraction of sp³-hybridized carbons (Fsp3) is 0.200. The molecule has 2 N–H and O–H groups in total. The minimum Gasteiger partial charge on any atom is -0.445 e. The minimum absolute atomic E-state index is 0.0158. The van der Waals surface area contributed by atoms with Crippen molar-refractivity contribution in [3.8, 4) is 11.3 Å². The molecule has 0 amide bonds. The molecule has 27 heavy (non-hydrogen) atoms. The largest absolute Gasteiger partial charge is 0.445 e. The van der Waals surface area contributed by atoms with Crippen molar-refractivity contribution in [3.63, 3.8) is 0 Å². The molecule has 1 aliphatic carbocycles. The smallest absolute Gasteiger partial charge is 0.265 e. The molecule has 7 heteroatoms. The van der Waals surface area contributed by atoms with Crippen molar-refractivity contribution in [2.24, 2.45) is 5.73 Å². The van der Waals surface area contributed by atoms with Gasteiger partial charge in [0, 0.05) is 28.3 Å². The second kappa shape index (κ2) is 5.75. The lowest BCUT2D eigenvalue weighted by Crippen LogP contribution is -2.17. The summed E-state index contributed by atoms with van der Waals surface area (Å²) in [6, 6.07) is 8.65. The van der Waals surface area contributed by atoms with Gasteiger partial charge in [-0.25, -0.2) is 0 Å². The number of nitrogens with zero attached hydrogens (tertiary/aromatic N) is 1. The SMILES string of the molecule is NC1=C2C(=O)n3c(-c4ccc(Cl)cc4Cl)ccc3C2C(=O)C2=C(CCC2)O1. The van der Waals surface area contributed by atoms with E-state index in [1.165, 1.54) is 4.57 Å². The number of Topliss-reactive ketones (excluding diaryl/α,β-unsaturated/α-hetero) is 1. The fourth-order valence-electron chi connectivity index (χ4n) is 4.17. The average Bonchev–Trinajstić information content (AvgIpc) is 3.29. The van der Waals surface area contributed by atoms with Crippen molar-refractivity contribution in [2.45, 2.75) is 25.2 Å². The molecule has 1 aromatic carbocycles. The van der Waals surface area contributed by atoms with Crippen LogP contribution in [-0.2, 0) is 9.53 Å². The lowest BCUT2D eigenvalue weighted by Gasteiger charge is -2.10. The lowest BCUT2D eigenvalue weighted by atomic mass is 9.90. The predicted octanol–water partition coefficient (Wildman–Crippen LogP) is 4.41. The number of benzene rings is 1. The summed E-state index contributed by atoms with van der Waals surface area (Å²) < 4.78 is 7.22. The van der Waals surface area contributed by atoms with Crippen molar-refractivity contribution in [3.05, 3.63) is 68.9 Å². The van der Waals surface area contributed by atoms with Gasteiger partial charge in [-0.05, 0) is 43.2 Å². The Labute approximate surface area is 165 Å². The van der Waals surface area contributed by atoms with E-state index in [1.54, 1.807) is 30.3 Å². The fourth-order valence-corrected chi connectivity index (χ4v) is 4.67. The molecule has 0 radical (unpaired) electrons. The van der Waals surface area contributed by atoms with Gasteiger partial charge in [-0.3, -0.25) is 14.2 Å². The summed E-state index contributed by atoms with van der Waals surface area (Å²) in [4.78, 5) is 26.4. The summed E-state index contributed by atoms with van der Waals surface area (Å²) in [6.45, 7) is 0. The van der Waals surface area contributed by atoms with E-state index in [2.05, 4.69) is 0 Å². The summed E-state index contributed by atoms with van der Waals surface area (Å²) >= 11 is 12.3. The summed E-state index contributed by atoms with van der Waals surface area (Å²) in [5, 5.41) is 0.929. The maximum Gasteiger partial charge on any atom is 0.265 e. The lowest BCUT2D eigenvalue weighted by molar-refractivity contribution is -0.116. The molecule has 0 spiro atoms. The van der Waals surface area contributed by atoms with Crippen LogP contribution in [0.3, 0.4) is 0 Å². The number of nitrogens with two attached hydrogens (primary N) is 1. The Morgan fingerprint density at radius 2 is 1.93 bits per heavy atom. The highest BCUT2D eigenvalue weighted by Crippen LogP contribution is 2.46. The van der Waals surface area contributed by atoms with Gasteiger partial charge in [-0.2, -0.15) is 0 Å². The van der Waals surface area contributed by atoms with E-state index in [1.807, 2.05) is 0 Å². The van der Waals surface area contributed by atoms with Crippen LogP contribution >= 0.6 is 23.2 Å². The molecule has 5 nitrogen and oxygen atoms in total. The number of carbonyl (C=O) groups is 2. The molecule has 5 rings (SSSR count). The maximum atomic E-state index is 13.2. The Balaban J connectivity index is 1.71. The molecule has 0 bridgehead atoms. The zero-order valence-electron chi connectivity index (χ0n) is 14.1. The molecule has 3 aliphatic rings. The Kier molecular flexibility index (Phi) is 3.55. The molecular weight excluding hydrogens is 387 g/mol.